The Hall–Kier alpha value is -7.88. The van der Waals surface area contributed by atoms with Crippen LogP contribution >= 0.6 is 0 Å². The topological polar surface area (TPSA) is 21.7 Å². The van der Waals surface area contributed by atoms with Crippen LogP contribution < -0.4 is 4.57 Å². The summed E-state index contributed by atoms with van der Waals surface area (Å²) < 4.78 is 4.33. The largest absolute Gasteiger partial charge is 0.354 e. The summed E-state index contributed by atoms with van der Waals surface area (Å²) in [5, 5.41) is 0. The highest BCUT2D eigenvalue weighted by molar-refractivity contribution is 5.89. The van der Waals surface area contributed by atoms with Gasteiger partial charge in [-0.3, -0.25) is 4.98 Å². The molecule has 0 spiro atoms. The Morgan fingerprint density at radius 1 is 0.397 bits per heavy atom. The quantitative estimate of drug-likeness (QED) is 0.121. The first kappa shape index (κ1) is 35.8. The summed E-state index contributed by atoms with van der Waals surface area (Å²) in [5.41, 5.74) is 18.9. The van der Waals surface area contributed by atoms with Gasteiger partial charge in [-0.05, 0) is 103 Å². The van der Waals surface area contributed by atoms with Crippen LogP contribution in [-0.2, 0) is 23.4 Å². The van der Waals surface area contributed by atoms with E-state index in [-0.39, 0.29) is 0 Å². The van der Waals surface area contributed by atoms with Gasteiger partial charge < -0.3 is 9.13 Å². The van der Waals surface area contributed by atoms with Gasteiger partial charge in [0.15, 0.2) is 5.54 Å². The van der Waals surface area contributed by atoms with Crippen molar-refractivity contribution in [2.75, 3.05) is 0 Å². The predicted octanol–water partition coefficient (Wildman–Crippen LogP) is 12.1. The molecule has 13 rings (SSSR count). The summed E-state index contributed by atoms with van der Waals surface area (Å²) >= 11 is 0. The molecule has 0 bridgehead atoms. The third kappa shape index (κ3) is 4.58. The lowest BCUT2D eigenvalue weighted by molar-refractivity contribution is -0.675. The number of hydrogen-bond donors (Lipinski definition) is 0. The molecule has 3 nitrogen and oxygen atoms in total. The summed E-state index contributed by atoms with van der Waals surface area (Å²) in [4.78, 5) is 5.21. The molecule has 0 saturated carbocycles. The van der Waals surface area contributed by atoms with E-state index in [1.165, 1.54) is 89.0 Å². The van der Waals surface area contributed by atoms with Crippen LogP contribution in [0.1, 0.15) is 61.3 Å². The van der Waals surface area contributed by atoms with Gasteiger partial charge in [0, 0.05) is 22.9 Å². The molecule has 0 amide bonds. The second kappa shape index (κ2) is 13.3. The molecule has 296 valence electrons. The van der Waals surface area contributed by atoms with Crippen molar-refractivity contribution in [3.8, 4) is 33.4 Å². The van der Waals surface area contributed by atoms with E-state index >= 15 is 0 Å². The van der Waals surface area contributed by atoms with Crippen LogP contribution in [-0.4, -0.2) is 9.55 Å². The maximum atomic E-state index is 5.21. The molecule has 3 heteroatoms. The van der Waals surface area contributed by atoms with Crippen LogP contribution in [0.25, 0.3) is 33.4 Å². The molecule has 0 saturated heterocycles. The minimum absolute atomic E-state index is 0.647. The van der Waals surface area contributed by atoms with Crippen molar-refractivity contribution in [2.45, 2.75) is 16.4 Å². The first-order valence-electron chi connectivity index (χ1n) is 21.8. The van der Waals surface area contributed by atoms with E-state index in [4.69, 9.17) is 4.98 Å². The van der Waals surface area contributed by atoms with Gasteiger partial charge in [-0.2, -0.15) is 0 Å². The lowest BCUT2D eigenvalue weighted by Gasteiger charge is -2.38. The minimum atomic E-state index is -0.675. The van der Waals surface area contributed by atoms with Gasteiger partial charge in [-0.1, -0.05) is 194 Å². The van der Waals surface area contributed by atoms with Gasteiger partial charge in [-0.25, -0.2) is 0 Å². The fourth-order valence-electron chi connectivity index (χ4n) is 12.1. The number of benzene rings is 8. The fraction of sp³-hybridized carbons (Fsp3) is 0.0667. The van der Waals surface area contributed by atoms with Crippen molar-refractivity contribution in [1.29, 1.82) is 0 Å². The average molecular weight is 804 g/mol. The summed E-state index contributed by atoms with van der Waals surface area (Å²) in [6.07, 6.45) is 9.92. The number of fused-ring (bicyclic) bond motifs is 9. The molecule has 0 aliphatic heterocycles. The summed E-state index contributed by atoms with van der Waals surface area (Å²) in [7, 11) is 2.06. The van der Waals surface area contributed by atoms with E-state index in [2.05, 4.69) is 237 Å². The molecule has 63 heavy (non-hydrogen) atoms. The SMILES string of the molecule is C[n+]1[c-]n(C2(c3cccc(C4(c5cccc(C6(c7ccccn7)c7ccccc7-c7ccccc76)c5)c5ccccc5-c5ccccc54)c3)c3ccccc3-c3ccccc32)cc1. The van der Waals surface area contributed by atoms with Crippen molar-refractivity contribution in [3.63, 3.8) is 0 Å². The Balaban J connectivity index is 1.13. The minimum Gasteiger partial charge on any atom is -0.354 e. The molecule has 10 aromatic rings. The van der Waals surface area contributed by atoms with Gasteiger partial charge in [-0.15, -0.1) is 0 Å². The van der Waals surface area contributed by atoms with Gasteiger partial charge >= 0.3 is 0 Å². The highest BCUT2D eigenvalue weighted by Gasteiger charge is 2.52. The first-order chi connectivity index (χ1) is 31.2. The summed E-state index contributed by atoms with van der Waals surface area (Å²) in [6, 6.07) is 79.2. The number of aryl methyl sites for hydroxylation is 1. The molecule has 0 unspecified atom stereocenters. The van der Waals surface area contributed by atoms with E-state index < -0.39 is 16.4 Å². The van der Waals surface area contributed by atoms with Crippen LogP contribution in [0.15, 0.2) is 231 Å². The molecule has 8 aromatic carbocycles. The Morgan fingerprint density at radius 3 is 1.22 bits per heavy atom. The van der Waals surface area contributed by atoms with Crippen molar-refractivity contribution in [1.82, 2.24) is 9.55 Å². The molecule has 0 radical (unpaired) electrons. The molecule has 0 atom stereocenters. The monoisotopic (exact) mass is 803 g/mol. The lowest BCUT2D eigenvalue weighted by atomic mass is 9.64. The molecule has 3 aliphatic carbocycles. The van der Waals surface area contributed by atoms with Gasteiger partial charge in [0.2, 0.25) is 6.33 Å². The van der Waals surface area contributed by atoms with E-state index in [9.17, 15) is 0 Å². The normalized spacial score (nSPS) is 15.1. The zero-order valence-corrected chi connectivity index (χ0v) is 34.8. The standard InChI is InChI=1S/C60H41N3/c1-62-36-37-63(40-62)60(55-32-12-6-26-49(55)50-27-7-13-33-56(50)60)44-21-17-19-42(39-44)58(51-28-8-2-22-45(51)46-23-3-9-29-52(46)58)41-18-16-20-43(38-41)59(57-34-14-15-35-61-57)53-30-10-4-24-47(53)48-25-5-11-31-54(48)59/h2-39H,1H3. The Bertz CT molecular complexity index is 3310. The van der Waals surface area contributed by atoms with Crippen LogP contribution in [0.4, 0.5) is 0 Å². The Kier molecular flexibility index (Phi) is 7.57. The molecule has 2 heterocycles. The molecule has 3 aliphatic rings. The van der Waals surface area contributed by atoms with Crippen molar-refractivity contribution in [3.05, 3.63) is 299 Å². The van der Waals surface area contributed by atoms with Crippen molar-refractivity contribution >= 4 is 0 Å². The Morgan fingerprint density at radius 2 is 0.778 bits per heavy atom. The number of nitrogens with zero attached hydrogens (tertiary/aromatic N) is 3. The smallest absolute Gasteiger partial charge is 0.204 e. The number of rotatable bonds is 6. The molecule has 0 fully saturated rings. The first-order valence-corrected chi connectivity index (χ1v) is 21.8. The second-order valence-electron chi connectivity index (χ2n) is 17.2. The molecule has 0 N–H and O–H groups in total. The molecular weight excluding hydrogens is 763 g/mol. The highest BCUT2D eigenvalue weighted by Crippen LogP contribution is 2.60. The second-order valence-corrected chi connectivity index (χ2v) is 17.2. The van der Waals surface area contributed by atoms with E-state index in [0.29, 0.717) is 0 Å². The molecule has 2 aromatic heterocycles. The predicted molar refractivity (Wildman–Crippen MR) is 250 cm³/mol. The average Bonchev–Trinajstić information content (AvgIpc) is 4.09. The number of pyridine rings is 1. The third-order valence-corrected chi connectivity index (χ3v) is 14.4. The maximum absolute atomic E-state index is 5.21. The zero-order valence-electron chi connectivity index (χ0n) is 34.8. The van der Waals surface area contributed by atoms with Crippen LogP contribution in [0.3, 0.4) is 0 Å². The maximum Gasteiger partial charge on any atom is 0.204 e. The van der Waals surface area contributed by atoms with Crippen LogP contribution in [0.5, 0.6) is 0 Å². The van der Waals surface area contributed by atoms with Gasteiger partial charge in [0.25, 0.3) is 0 Å². The van der Waals surface area contributed by atoms with E-state index in [1.54, 1.807) is 0 Å². The van der Waals surface area contributed by atoms with Crippen LogP contribution in [0, 0.1) is 6.33 Å². The number of hydrogen-bond acceptors (Lipinski definition) is 1. The fourth-order valence-corrected chi connectivity index (χ4v) is 12.1. The van der Waals surface area contributed by atoms with Crippen molar-refractivity contribution in [2.24, 2.45) is 7.05 Å². The zero-order chi connectivity index (χ0) is 41.8. The number of aromatic nitrogens is 3. The van der Waals surface area contributed by atoms with Crippen LogP contribution in [0.2, 0.25) is 0 Å². The Labute approximate surface area is 367 Å². The number of imidazole rings is 1. The highest BCUT2D eigenvalue weighted by atomic mass is 15.2. The van der Waals surface area contributed by atoms with E-state index in [0.717, 1.165) is 5.69 Å². The summed E-state index contributed by atoms with van der Waals surface area (Å²) in [5.74, 6) is 0. The summed E-state index contributed by atoms with van der Waals surface area (Å²) in [6.45, 7) is 0. The van der Waals surface area contributed by atoms with Gasteiger partial charge in [0.05, 0.1) is 23.6 Å². The molecular formula is C60H41N3. The van der Waals surface area contributed by atoms with Crippen molar-refractivity contribution < 1.29 is 4.57 Å². The lowest BCUT2D eigenvalue weighted by Crippen LogP contribution is -2.38. The third-order valence-electron chi connectivity index (χ3n) is 14.4. The van der Waals surface area contributed by atoms with E-state index in [1.807, 2.05) is 16.8 Å². The van der Waals surface area contributed by atoms with Gasteiger partial charge in [0.1, 0.15) is 0 Å².